The van der Waals surface area contributed by atoms with Crippen LogP contribution in [-0.2, 0) is 6.61 Å². The molecule has 0 aliphatic heterocycles. The molecule has 3 nitrogen and oxygen atoms in total. The summed E-state index contributed by atoms with van der Waals surface area (Å²) in [5.74, 6) is -0.0119. The van der Waals surface area contributed by atoms with Crippen LogP contribution in [0.4, 0.5) is 0 Å². The van der Waals surface area contributed by atoms with E-state index in [4.69, 9.17) is 16.7 Å². The average Bonchev–Trinajstić information content (AvgIpc) is 2.26. The van der Waals surface area contributed by atoms with Crippen LogP contribution in [0.15, 0.2) is 18.2 Å². The Morgan fingerprint density at radius 2 is 2.00 bits per heavy atom. The predicted molar refractivity (Wildman–Crippen MR) is 58.8 cm³/mol. The number of aliphatic hydroxyl groups excluding tert-OH is 3. The van der Waals surface area contributed by atoms with Gasteiger partial charge in [-0.25, -0.2) is 0 Å². The lowest BCUT2D eigenvalue weighted by Crippen LogP contribution is -2.19. The minimum atomic E-state index is -0.978. The summed E-state index contributed by atoms with van der Waals surface area (Å²) in [4.78, 5) is 0. The molecular weight excluding hydrogens is 216 g/mol. The molecule has 0 spiro atoms. The number of hydrogen-bond acceptors (Lipinski definition) is 3. The molecule has 0 aliphatic rings. The second kappa shape index (κ2) is 5.47. The van der Waals surface area contributed by atoms with E-state index in [-0.39, 0.29) is 12.5 Å². The maximum atomic E-state index is 9.68. The molecule has 1 aromatic carbocycles. The van der Waals surface area contributed by atoms with Gasteiger partial charge in [-0.1, -0.05) is 18.2 Å². The van der Waals surface area contributed by atoms with Crippen LogP contribution in [0.25, 0.3) is 0 Å². The van der Waals surface area contributed by atoms with Crippen molar-refractivity contribution < 1.29 is 15.3 Å². The zero-order valence-corrected chi connectivity index (χ0v) is 9.28. The van der Waals surface area contributed by atoms with Crippen LogP contribution in [0.3, 0.4) is 0 Å². The van der Waals surface area contributed by atoms with E-state index >= 15 is 0 Å². The maximum Gasteiger partial charge on any atom is 0.106 e. The number of alkyl halides is 1. The van der Waals surface area contributed by atoms with Gasteiger partial charge in [0.15, 0.2) is 0 Å². The molecule has 4 heteroatoms. The monoisotopic (exact) mass is 230 g/mol. The largest absolute Gasteiger partial charge is 0.392 e. The summed E-state index contributed by atoms with van der Waals surface area (Å²) in [6.45, 7) is 1.81. The summed E-state index contributed by atoms with van der Waals surface area (Å²) in [5.41, 5.74) is 2.31. The van der Waals surface area contributed by atoms with Gasteiger partial charge in [0, 0.05) is 0 Å². The fraction of sp³-hybridized carbons (Fsp3) is 0.455. The highest BCUT2D eigenvalue weighted by Crippen LogP contribution is 2.20. The Bertz CT molecular complexity index is 328. The molecule has 3 N–H and O–H groups in total. The van der Waals surface area contributed by atoms with Crippen molar-refractivity contribution in [1.29, 1.82) is 0 Å². The number of hydrogen-bond donors (Lipinski definition) is 3. The highest BCUT2D eigenvalue weighted by Gasteiger charge is 2.17. The normalized spacial score (nSPS) is 15.0. The van der Waals surface area contributed by atoms with Crippen LogP contribution < -0.4 is 0 Å². The predicted octanol–water partition coefficient (Wildman–Crippen LogP) is 1.12. The van der Waals surface area contributed by atoms with Crippen LogP contribution in [0, 0.1) is 6.92 Å². The van der Waals surface area contributed by atoms with Crippen LogP contribution in [0.1, 0.15) is 22.8 Å². The van der Waals surface area contributed by atoms with Gasteiger partial charge in [0.1, 0.15) is 6.10 Å². The van der Waals surface area contributed by atoms with E-state index in [1.165, 1.54) is 0 Å². The molecule has 2 unspecified atom stereocenters. The first-order chi connectivity index (χ1) is 7.10. The van der Waals surface area contributed by atoms with Gasteiger partial charge in [-0.15, -0.1) is 11.6 Å². The third kappa shape index (κ3) is 2.92. The summed E-state index contributed by atoms with van der Waals surface area (Å²) in [6.07, 6.45) is -1.94. The van der Waals surface area contributed by atoms with Crippen molar-refractivity contribution >= 4 is 11.6 Å². The number of rotatable bonds is 4. The van der Waals surface area contributed by atoms with Gasteiger partial charge < -0.3 is 15.3 Å². The molecule has 0 saturated heterocycles. The highest BCUT2D eigenvalue weighted by atomic mass is 35.5. The second-order valence-electron chi connectivity index (χ2n) is 3.51. The zero-order valence-electron chi connectivity index (χ0n) is 8.52. The zero-order chi connectivity index (χ0) is 11.4. The van der Waals surface area contributed by atoms with Crippen LogP contribution in [-0.4, -0.2) is 27.3 Å². The number of aliphatic hydroxyl groups is 3. The minimum absolute atomic E-state index is 0.0119. The fourth-order valence-corrected chi connectivity index (χ4v) is 1.56. The molecule has 0 bridgehead atoms. The fourth-order valence-electron chi connectivity index (χ4n) is 1.39. The smallest absolute Gasteiger partial charge is 0.106 e. The lowest BCUT2D eigenvalue weighted by atomic mass is 10.00. The molecule has 2 atom stereocenters. The Morgan fingerprint density at radius 3 is 2.47 bits per heavy atom. The third-order valence-corrected chi connectivity index (χ3v) is 2.72. The Morgan fingerprint density at radius 1 is 1.33 bits per heavy atom. The van der Waals surface area contributed by atoms with Crippen LogP contribution in [0.5, 0.6) is 0 Å². The van der Waals surface area contributed by atoms with Gasteiger partial charge >= 0.3 is 0 Å². The van der Waals surface area contributed by atoms with E-state index in [9.17, 15) is 10.2 Å². The summed E-state index contributed by atoms with van der Waals surface area (Å²) in [5, 5.41) is 28.0. The number of benzene rings is 1. The van der Waals surface area contributed by atoms with E-state index in [1.54, 1.807) is 18.2 Å². The van der Waals surface area contributed by atoms with Crippen LogP contribution >= 0.6 is 11.6 Å². The molecule has 0 saturated carbocycles. The van der Waals surface area contributed by atoms with Crippen molar-refractivity contribution in [2.75, 3.05) is 5.88 Å². The highest BCUT2D eigenvalue weighted by molar-refractivity contribution is 6.18. The summed E-state index contributed by atoms with van der Waals surface area (Å²) >= 11 is 5.45. The van der Waals surface area contributed by atoms with Gasteiger partial charge in [0.25, 0.3) is 0 Å². The molecular formula is C11H15ClO3. The van der Waals surface area contributed by atoms with E-state index in [0.717, 1.165) is 11.1 Å². The van der Waals surface area contributed by atoms with Gasteiger partial charge in [-0.2, -0.15) is 0 Å². The topological polar surface area (TPSA) is 60.7 Å². The van der Waals surface area contributed by atoms with Crippen molar-refractivity contribution in [3.05, 3.63) is 34.9 Å². The lowest BCUT2D eigenvalue weighted by molar-refractivity contribution is 0.0326. The maximum absolute atomic E-state index is 9.68. The summed E-state index contributed by atoms with van der Waals surface area (Å²) in [6, 6.07) is 5.15. The lowest BCUT2D eigenvalue weighted by Gasteiger charge is -2.16. The standard InChI is InChI=1S/C11H15ClO3/c1-7-4-8(2-3-9(7)6-13)11(15)10(14)5-12/h2-4,10-11,13-15H,5-6H2,1H3. The average molecular weight is 231 g/mol. The van der Waals surface area contributed by atoms with Crippen molar-refractivity contribution in [2.45, 2.75) is 25.7 Å². The van der Waals surface area contributed by atoms with Crippen molar-refractivity contribution in [3.63, 3.8) is 0 Å². The third-order valence-electron chi connectivity index (χ3n) is 2.40. The van der Waals surface area contributed by atoms with E-state index in [1.807, 2.05) is 6.92 Å². The van der Waals surface area contributed by atoms with Gasteiger partial charge in [0.2, 0.25) is 0 Å². The summed E-state index contributed by atoms with van der Waals surface area (Å²) < 4.78 is 0. The van der Waals surface area contributed by atoms with E-state index < -0.39 is 12.2 Å². The quantitative estimate of drug-likeness (QED) is 0.680. The molecule has 84 valence electrons. The first kappa shape index (κ1) is 12.5. The first-order valence-corrected chi connectivity index (χ1v) is 5.26. The molecule has 15 heavy (non-hydrogen) atoms. The Kier molecular flexibility index (Phi) is 4.54. The van der Waals surface area contributed by atoms with Crippen molar-refractivity contribution in [3.8, 4) is 0 Å². The SMILES string of the molecule is Cc1cc(C(O)C(O)CCl)ccc1CO. The number of halogens is 1. The van der Waals surface area contributed by atoms with Gasteiger partial charge in [-0.05, 0) is 23.6 Å². The molecule has 0 heterocycles. The van der Waals surface area contributed by atoms with Crippen molar-refractivity contribution in [2.24, 2.45) is 0 Å². The molecule has 0 aliphatic carbocycles. The Balaban J connectivity index is 2.92. The second-order valence-corrected chi connectivity index (χ2v) is 3.82. The minimum Gasteiger partial charge on any atom is -0.392 e. The van der Waals surface area contributed by atoms with Crippen molar-refractivity contribution in [1.82, 2.24) is 0 Å². The molecule has 0 fully saturated rings. The molecule has 0 aromatic heterocycles. The molecule has 1 aromatic rings. The van der Waals surface area contributed by atoms with E-state index in [0.29, 0.717) is 5.56 Å². The molecule has 1 rings (SSSR count). The van der Waals surface area contributed by atoms with Gasteiger partial charge in [-0.3, -0.25) is 0 Å². The summed E-state index contributed by atoms with van der Waals surface area (Å²) in [7, 11) is 0. The molecule has 0 radical (unpaired) electrons. The number of aryl methyl sites for hydroxylation is 1. The van der Waals surface area contributed by atoms with E-state index in [2.05, 4.69) is 0 Å². The Labute approximate surface area is 93.9 Å². The molecule has 0 amide bonds. The first-order valence-electron chi connectivity index (χ1n) is 4.72. The van der Waals surface area contributed by atoms with Gasteiger partial charge in [0.05, 0.1) is 18.6 Å². The van der Waals surface area contributed by atoms with Crippen LogP contribution in [0.2, 0.25) is 0 Å². The Hall–Kier alpha value is -0.610.